The summed E-state index contributed by atoms with van der Waals surface area (Å²) in [4.78, 5) is 29.2. The van der Waals surface area contributed by atoms with Gasteiger partial charge < -0.3 is 19.2 Å². The number of halogens is 1. The molecule has 1 saturated carbocycles. The van der Waals surface area contributed by atoms with Crippen molar-refractivity contribution >= 4 is 38.8 Å². The second-order valence-corrected chi connectivity index (χ2v) is 10.1. The summed E-state index contributed by atoms with van der Waals surface area (Å²) >= 11 is 3.60. The number of furan rings is 1. The lowest BCUT2D eigenvalue weighted by Gasteiger charge is -2.44. The number of hydrogen-bond acceptors (Lipinski definition) is 3. The van der Waals surface area contributed by atoms with Crippen molar-refractivity contribution in [1.82, 2.24) is 14.8 Å². The van der Waals surface area contributed by atoms with Crippen molar-refractivity contribution in [1.29, 1.82) is 0 Å². The van der Waals surface area contributed by atoms with Crippen LogP contribution in [0.5, 0.6) is 0 Å². The summed E-state index contributed by atoms with van der Waals surface area (Å²) in [5, 5.41) is 3.30. The van der Waals surface area contributed by atoms with Crippen LogP contribution in [0.2, 0.25) is 0 Å². The van der Waals surface area contributed by atoms with Crippen LogP contribution < -0.4 is 5.32 Å². The molecule has 1 atom stereocenters. The first-order valence-corrected chi connectivity index (χ1v) is 12.2. The lowest BCUT2D eigenvalue weighted by Crippen LogP contribution is -2.64. The van der Waals surface area contributed by atoms with Crippen LogP contribution in [-0.4, -0.2) is 32.9 Å². The van der Waals surface area contributed by atoms with Crippen molar-refractivity contribution in [3.05, 3.63) is 58.4 Å². The maximum atomic E-state index is 13.8. The fourth-order valence-corrected chi connectivity index (χ4v) is 5.49. The highest BCUT2D eigenvalue weighted by atomic mass is 79.9. The van der Waals surface area contributed by atoms with E-state index in [0.717, 1.165) is 41.2 Å². The summed E-state index contributed by atoms with van der Waals surface area (Å²) in [5.41, 5.74) is 2.03. The number of carbonyl (C=O) groups is 2. The van der Waals surface area contributed by atoms with Crippen molar-refractivity contribution in [3.8, 4) is 0 Å². The van der Waals surface area contributed by atoms with Gasteiger partial charge in [-0.2, -0.15) is 0 Å². The molecule has 0 bridgehead atoms. The number of hydrogen-bond donors (Lipinski definition) is 1. The van der Waals surface area contributed by atoms with Crippen LogP contribution in [0.3, 0.4) is 0 Å². The Morgan fingerprint density at radius 1 is 1.19 bits per heavy atom. The molecule has 0 spiro atoms. The monoisotopic (exact) mass is 497 g/mol. The molecule has 6 nitrogen and oxygen atoms in total. The molecule has 0 unspecified atom stereocenters. The predicted molar refractivity (Wildman–Crippen MR) is 126 cm³/mol. The van der Waals surface area contributed by atoms with Gasteiger partial charge in [-0.15, -0.1) is 0 Å². The van der Waals surface area contributed by atoms with Crippen molar-refractivity contribution in [2.24, 2.45) is 0 Å². The highest BCUT2D eigenvalue weighted by molar-refractivity contribution is 9.10. The fourth-order valence-electron chi connectivity index (χ4n) is 5.08. The minimum absolute atomic E-state index is 0.0826. The molecular formula is C25H28BrN3O3. The van der Waals surface area contributed by atoms with Gasteiger partial charge in [-0.3, -0.25) is 9.59 Å². The quantitative estimate of drug-likeness (QED) is 0.500. The molecule has 0 radical (unpaired) electrons. The molecule has 7 heteroatoms. The molecule has 1 aromatic carbocycles. The normalized spacial score (nSPS) is 22.1. The number of benzene rings is 1. The Hall–Kier alpha value is -2.54. The molecular weight excluding hydrogens is 470 g/mol. The molecule has 32 heavy (non-hydrogen) atoms. The minimum atomic E-state index is -1.02. The van der Waals surface area contributed by atoms with E-state index in [1.807, 2.05) is 41.8 Å². The number of fused-ring (bicyclic) bond motifs is 3. The molecule has 3 heterocycles. The maximum Gasteiger partial charge on any atom is 0.271 e. The van der Waals surface area contributed by atoms with Crippen LogP contribution in [0.4, 0.5) is 0 Å². The van der Waals surface area contributed by atoms with E-state index in [0.29, 0.717) is 24.4 Å². The average Bonchev–Trinajstić information content (AvgIpc) is 3.27. The summed E-state index contributed by atoms with van der Waals surface area (Å²) < 4.78 is 8.42. The van der Waals surface area contributed by atoms with E-state index in [4.69, 9.17) is 4.42 Å². The van der Waals surface area contributed by atoms with E-state index >= 15 is 0 Å². The summed E-state index contributed by atoms with van der Waals surface area (Å²) in [6.45, 7) is 2.63. The summed E-state index contributed by atoms with van der Waals surface area (Å²) in [5.74, 6) is -0.238. The molecule has 3 aromatic rings. The predicted octanol–water partition coefficient (Wildman–Crippen LogP) is 5.25. The Labute approximate surface area is 196 Å². The van der Waals surface area contributed by atoms with Crippen LogP contribution in [-0.2, 0) is 17.9 Å². The third kappa shape index (κ3) is 3.66. The van der Waals surface area contributed by atoms with Gasteiger partial charge in [-0.25, -0.2) is 0 Å². The highest BCUT2D eigenvalue weighted by Crippen LogP contribution is 2.35. The molecule has 5 rings (SSSR count). The van der Waals surface area contributed by atoms with Crippen LogP contribution in [0.1, 0.15) is 61.5 Å². The Kier molecular flexibility index (Phi) is 5.61. The van der Waals surface area contributed by atoms with Gasteiger partial charge >= 0.3 is 0 Å². The highest BCUT2D eigenvalue weighted by Gasteiger charge is 2.48. The summed E-state index contributed by atoms with van der Waals surface area (Å²) in [6.07, 6.45) is 8.35. The van der Waals surface area contributed by atoms with Crippen molar-refractivity contribution in [3.63, 3.8) is 0 Å². The van der Waals surface area contributed by atoms with Gasteiger partial charge in [0.15, 0.2) is 5.58 Å². The molecule has 2 aromatic heterocycles. The lowest BCUT2D eigenvalue weighted by atomic mass is 9.93. The third-order valence-electron chi connectivity index (χ3n) is 7.01. The molecule has 1 fully saturated rings. The summed E-state index contributed by atoms with van der Waals surface area (Å²) in [6, 6.07) is 11.7. The van der Waals surface area contributed by atoms with Gasteiger partial charge in [0.25, 0.3) is 5.91 Å². The number of rotatable bonds is 4. The van der Waals surface area contributed by atoms with Gasteiger partial charge in [0.2, 0.25) is 5.91 Å². The zero-order valence-electron chi connectivity index (χ0n) is 18.3. The van der Waals surface area contributed by atoms with E-state index in [9.17, 15) is 9.59 Å². The second-order valence-electron chi connectivity index (χ2n) is 9.20. The Morgan fingerprint density at radius 2 is 1.94 bits per heavy atom. The molecule has 1 aliphatic heterocycles. The first-order chi connectivity index (χ1) is 15.5. The van der Waals surface area contributed by atoms with Gasteiger partial charge in [0.1, 0.15) is 11.2 Å². The minimum Gasteiger partial charge on any atom is -0.463 e. The number of nitrogens with zero attached hydrogens (tertiary/aromatic N) is 2. The van der Waals surface area contributed by atoms with Crippen molar-refractivity contribution in [2.75, 3.05) is 0 Å². The van der Waals surface area contributed by atoms with Gasteiger partial charge in [0.05, 0.1) is 18.3 Å². The first-order valence-electron chi connectivity index (χ1n) is 11.4. The van der Waals surface area contributed by atoms with E-state index in [2.05, 4.69) is 21.2 Å². The SMILES string of the molecule is C[C@]1(C(=O)NC2CCCCCC2)Cn2c(cc3occc32)C(=O)N1Cc1ccccc1Br. The Bertz CT molecular complexity index is 1160. The second kappa shape index (κ2) is 8.43. The van der Waals surface area contributed by atoms with Crippen LogP contribution in [0.15, 0.2) is 51.6 Å². The number of carbonyl (C=O) groups excluding carboxylic acids is 2. The third-order valence-corrected chi connectivity index (χ3v) is 7.79. The average molecular weight is 498 g/mol. The number of nitrogens with one attached hydrogen (secondary N) is 1. The molecule has 1 aliphatic carbocycles. The smallest absolute Gasteiger partial charge is 0.271 e. The van der Waals surface area contributed by atoms with E-state index in [1.165, 1.54) is 12.8 Å². The topological polar surface area (TPSA) is 67.5 Å². The van der Waals surface area contributed by atoms with Gasteiger partial charge in [0, 0.05) is 29.2 Å². The standard InChI is InChI=1S/C25H28BrN3O3/c1-25(24(31)27-18-9-4-2-3-5-10-18)16-28-20-12-13-32-22(20)14-21(28)23(30)29(25)15-17-8-6-7-11-19(17)26/h6-8,11-14,18H,2-5,9-10,15-16H2,1H3,(H,27,31)/t25-/m1/s1. The van der Waals surface area contributed by atoms with Gasteiger partial charge in [-0.05, 0) is 31.4 Å². The molecule has 1 N–H and O–H groups in total. The van der Waals surface area contributed by atoms with Crippen LogP contribution in [0.25, 0.3) is 11.1 Å². The van der Waals surface area contributed by atoms with Crippen LogP contribution >= 0.6 is 15.9 Å². The fraction of sp³-hybridized carbons (Fsp3) is 0.440. The van der Waals surface area contributed by atoms with Crippen LogP contribution in [0, 0.1) is 0 Å². The molecule has 0 saturated heterocycles. The largest absolute Gasteiger partial charge is 0.463 e. The Morgan fingerprint density at radius 3 is 2.69 bits per heavy atom. The lowest BCUT2D eigenvalue weighted by molar-refractivity contribution is -0.134. The van der Waals surface area contributed by atoms with Crippen molar-refractivity contribution in [2.45, 2.75) is 70.1 Å². The van der Waals surface area contributed by atoms with Crippen molar-refractivity contribution < 1.29 is 14.0 Å². The zero-order chi connectivity index (χ0) is 22.3. The molecule has 2 aliphatic rings. The molecule has 168 valence electrons. The maximum absolute atomic E-state index is 13.8. The number of amides is 2. The Balaban J connectivity index is 1.53. The molecule has 2 amide bonds. The number of aromatic nitrogens is 1. The van der Waals surface area contributed by atoms with Gasteiger partial charge in [-0.1, -0.05) is 59.8 Å². The van der Waals surface area contributed by atoms with E-state index in [-0.39, 0.29) is 17.9 Å². The zero-order valence-corrected chi connectivity index (χ0v) is 19.9. The van der Waals surface area contributed by atoms with E-state index < -0.39 is 5.54 Å². The van der Waals surface area contributed by atoms with E-state index in [1.54, 1.807) is 17.2 Å². The first kappa shape index (κ1) is 21.3. The summed E-state index contributed by atoms with van der Waals surface area (Å²) in [7, 11) is 0.